The molecular weight excluding hydrogens is 446 g/mol. The summed E-state index contributed by atoms with van der Waals surface area (Å²) in [4.78, 5) is 34.0. The molecule has 32 heavy (non-hydrogen) atoms. The zero-order valence-electron chi connectivity index (χ0n) is 19.2. The molecular formula is C24H30ClN3O3S. The Labute approximate surface area is 199 Å². The molecule has 0 aliphatic carbocycles. The highest BCUT2D eigenvalue weighted by molar-refractivity contribution is 7.22. The molecule has 0 N–H and O–H groups in total. The molecule has 8 heteroatoms. The molecule has 1 aromatic heterocycles. The number of fused-ring (bicyclic) bond motifs is 1. The molecule has 2 aromatic carbocycles. The summed E-state index contributed by atoms with van der Waals surface area (Å²) in [6, 6.07) is 10.8. The number of methoxy groups -OCH3 is 1. The van der Waals surface area contributed by atoms with Gasteiger partial charge in [-0.05, 0) is 68.4 Å². The van der Waals surface area contributed by atoms with Gasteiger partial charge in [0.15, 0.2) is 5.13 Å². The molecule has 3 rings (SSSR count). The minimum Gasteiger partial charge on any atom is -0.465 e. The normalized spacial score (nSPS) is 10.8. The Morgan fingerprint density at radius 1 is 1.00 bits per heavy atom. The largest absolute Gasteiger partial charge is 0.465 e. The number of anilines is 1. The predicted molar refractivity (Wildman–Crippen MR) is 134 cm³/mol. The number of amides is 1. The Morgan fingerprint density at radius 3 is 2.22 bits per heavy atom. The van der Waals surface area contributed by atoms with E-state index in [-0.39, 0.29) is 18.3 Å². The van der Waals surface area contributed by atoms with Gasteiger partial charge in [-0.3, -0.25) is 9.69 Å². The molecule has 0 fully saturated rings. The summed E-state index contributed by atoms with van der Waals surface area (Å²) in [5.74, 6) is -0.550. The van der Waals surface area contributed by atoms with Crippen molar-refractivity contribution in [2.24, 2.45) is 0 Å². The highest BCUT2D eigenvalue weighted by Gasteiger charge is 2.23. The molecule has 0 saturated carbocycles. The number of benzene rings is 2. The second kappa shape index (κ2) is 11.4. The zero-order chi connectivity index (χ0) is 22.5. The van der Waals surface area contributed by atoms with Crippen molar-refractivity contribution in [2.45, 2.75) is 27.7 Å². The van der Waals surface area contributed by atoms with E-state index < -0.39 is 5.97 Å². The number of esters is 1. The van der Waals surface area contributed by atoms with Crippen LogP contribution in [0.25, 0.3) is 10.2 Å². The highest BCUT2D eigenvalue weighted by atomic mass is 35.5. The topological polar surface area (TPSA) is 62.7 Å². The van der Waals surface area contributed by atoms with Crippen molar-refractivity contribution < 1.29 is 14.3 Å². The van der Waals surface area contributed by atoms with Crippen LogP contribution in [0, 0.1) is 13.8 Å². The van der Waals surface area contributed by atoms with E-state index in [4.69, 9.17) is 9.72 Å². The maximum absolute atomic E-state index is 13.5. The van der Waals surface area contributed by atoms with Gasteiger partial charge in [0.2, 0.25) is 0 Å². The van der Waals surface area contributed by atoms with E-state index in [1.54, 1.807) is 40.5 Å². The van der Waals surface area contributed by atoms with Crippen LogP contribution in [0.4, 0.5) is 5.13 Å². The maximum Gasteiger partial charge on any atom is 0.337 e. The van der Waals surface area contributed by atoms with Crippen LogP contribution in [0.2, 0.25) is 0 Å². The summed E-state index contributed by atoms with van der Waals surface area (Å²) in [7, 11) is 1.34. The number of hydrogen-bond donors (Lipinski definition) is 0. The van der Waals surface area contributed by atoms with Gasteiger partial charge in [0.05, 0.1) is 22.9 Å². The second-order valence-electron chi connectivity index (χ2n) is 7.48. The van der Waals surface area contributed by atoms with E-state index >= 15 is 0 Å². The lowest BCUT2D eigenvalue weighted by atomic mass is 10.1. The van der Waals surface area contributed by atoms with Crippen LogP contribution in [0.1, 0.15) is 45.7 Å². The fourth-order valence-electron chi connectivity index (χ4n) is 3.57. The number of halogens is 1. The minimum absolute atomic E-state index is 0. The Kier molecular flexibility index (Phi) is 9.19. The third kappa shape index (κ3) is 5.65. The summed E-state index contributed by atoms with van der Waals surface area (Å²) in [6.45, 7) is 11.5. The molecule has 172 valence electrons. The van der Waals surface area contributed by atoms with E-state index in [0.29, 0.717) is 22.8 Å². The van der Waals surface area contributed by atoms with Gasteiger partial charge < -0.3 is 9.64 Å². The van der Waals surface area contributed by atoms with Gasteiger partial charge in [-0.1, -0.05) is 31.3 Å². The molecule has 0 radical (unpaired) electrons. The molecule has 0 aliphatic rings. The lowest BCUT2D eigenvalue weighted by Crippen LogP contribution is -2.38. The smallest absolute Gasteiger partial charge is 0.337 e. The molecule has 0 bridgehead atoms. The number of likely N-dealkylation sites (N-methyl/N-ethyl adjacent to an activating group) is 1. The summed E-state index contributed by atoms with van der Waals surface area (Å²) in [6.07, 6.45) is 0. The van der Waals surface area contributed by atoms with E-state index in [2.05, 4.69) is 44.7 Å². The molecule has 3 aromatic rings. The quantitative estimate of drug-likeness (QED) is 0.423. The third-order valence-electron chi connectivity index (χ3n) is 5.37. The molecule has 1 heterocycles. The molecule has 6 nitrogen and oxygen atoms in total. The van der Waals surface area contributed by atoms with Crippen molar-refractivity contribution in [3.8, 4) is 0 Å². The SMILES string of the molecule is CCN(CC)CCN(C(=O)c1ccc(C(=O)OC)cc1)c1nc2cc(C)cc(C)c2s1.Cl. The third-order valence-corrected chi connectivity index (χ3v) is 6.60. The van der Waals surface area contributed by atoms with E-state index in [9.17, 15) is 9.59 Å². The van der Waals surface area contributed by atoms with Gasteiger partial charge in [-0.25, -0.2) is 9.78 Å². The number of carbonyl (C=O) groups is 2. The first-order valence-corrected chi connectivity index (χ1v) is 11.3. The number of aryl methyl sites for hydroxylation is 2. The zero-order valence-corrected chi connectivity index (χ0v) is 20.8. The number of thiazole rings is 1. The monoisotopic (exact) mass is 475 g/mol. The fourth-order valence-corrected chi connectivity index (χ4v) is 4.61. The Bertz CT molecular complexity index is 1080. The standard InChI is InChI=1S/C24H29N3O3S.ClH/c1-6-26(7-2)12-13-27(22(28)18-8-10-19(11-9-18)23(29)30-5)24-25-20-15-16(3)14-17(4)21(20)31-24;/h8-11,14-15H,6-7,12-13H2,1-5H3;1H. The van der Waals surface area contributed by atoms with Gasteiger partial charge in [0.1, 0.15) is 0 Å². The molecule has 0 atom stereocenters. The van der Waals surface area contributed by atoms with Crippen molar-refractivity contribution >= 4 is 51.0 Å². The first-order valence-electron chi connectivity index (χ1n) is 10.5. The summed E-state index contributed by atoms with van der Waals surface area (Å²) >= 11 is 1.54. The molecule has 1 amide bonds. The Hall–Kier alpha value is -2.48. The summed E-state index contributed by atoms with van der Waals surface area (Å²) in [5.41, 5.74) is 4.16. The number of nitrogens with zero attached hydrogens (tertiary/aromatic N) is 3. The Balaban J connectivity index is 0.00000363. The lowest BCUT2D eigenvalue weighted by Gasteiger charge is -2.24. The summed E-state index contributed by atoms with van der Waals surface area (Å²) in [5, 5.41) is 0.693. The predicted octanol–water partition coefficient (Wildman–Crippen LogP) is 5.11. The van der Waals surface area contributed by atoms with Crippen molar-refractivity contribution in [1.29, 1.82) is 0 Å². The van der Waals surface area contributed by atoms with Crippen LogP contribution in [-0.2, 0) is 4.74 Å². The van der Waals surface area contributed by atoms with Crippen molar-refractivity contribution in [3.63, 3.8) is 0 Å². The van der Waals surface area contributed by atoms with Gasteiger partial charge in [0, 0.05) is 18.7 Å². The van der Waals surface area contributed by atoms with Gasteiger partial charge >= 0.3 is 5.97 Å². The second-order valence-corrected chi connectivity index (χ2v) is 8.46. The van der Waals surface area contributed by atoms with Crippen LogP contribution in [0.3, 0.4) is 0 Å². The number of rotatable bonds is 8. The first-order chi connectivity index (χ1) is 14.9. The molecule has 0 aliphatic heterocycles. The average molecular weight is 476 g/mol. The Morgan fingerprint density at radius 2 is 1.62 bits per heavy atom. The number of ether oxygens (including phenoxy) is 1. The molecule has 0 unspecified atom stereocenters. The van der Waals surface area contributed by atoms with Gasteiger partial charge in [0.25, 0.3) is 5.91 Å². The van der Waals surface area contributed by atoms with Crippen LogP contribution >= 0.6 is 23.7 Å². The van der Waals surface area contributed by atoms with Crippen molar-refractivity contribution in [1.82, 2.24) is 9.88 Å². The highest BCUT2D eigenvalue weighted by Crippen LogP contribution is 2.32. The first kappa shape index (κ1) is 25.8. The minimum atomic E-state index is -0.422. The van der Waals surface area contributed by atoms with Crippen molar-refractivity contribution in [3.05, 3.63) is 58.7 Å². The number of aromatic nitrogens is 1. The molecule has 0 spiro atoms. The van der Waals surface area contributed by atoms with Gasteiger partial charge in [-0.15, -0.1) is 12.4 Å². The number of hydrogen-bond acceptors (Lipinski definition) is 6. The lowest BCUT2D eigenvalue weighted by molar-refractivity contribution is 0.0600. The number of carbonyl (C=O) groups excluding carboxylic acids is 2. The molecule has 0 saturated heterocycles. The fraction of sp³-hybridized carbons (Fsp3) is 0.375. The van der Waals surface area contributed by atoms with E-state index in [1.165, 1.54) is 7.11 Å². The van der Waals surface area contributed by atoms with E-state index in [1.807, 2.05) is 0 Å². The summed E-state index contributed by atoms with van der Waals surface area (Å²) < 4.78 is 5.85. The van der Waals surface area contributed by atoms with E-state index in [0.717, 1.165) is 41.0 Å². The van der Waals surface area contributed by atoms with Crippen LogP contribution in [0.15, 0.2) is 36.4 Å². The van der Waals surface area contributed by atoms with Crippen molar-refractivity contribution in [2.75, 3.05) is 38.2 Å². The average Bonchev–Trinajstić information content (AvgIpc) is 3.20. The maximum atomic E-state index is 13.5. The van der Waals surface area contributed by atoms with Crippen LogP contribution in [0.5, 0.6) is 0 Å². The van der Waals surface area contributed by atoms with Crippen LogP contribution in [-0.4, -0.2) is 55.0 Å². The van der Waals surface area contributed by atoms with Crippen LogP contribution < -0.4 is 4.90 Å². The van der Waals surface area contributed by atoms with Gasteiger partial charge in [-0.2, -0.15) is 0 Å².